The lowest BCUT2D eigenvalue weighted by atomic mass is 10.1. The predicted molar refractivity (Wildman–Crippen MR) is 95.7 cm³/mol. The number of anilines is 2. The first-order chi connectivity index (χ1) is 11.8. The van der Waals surface area contributed by atoms with Crippen molar-refractivity contribution in [2.45, 2.75) is 19.8 Å². The van der Waals surface area contributed by atoms with Crippen LogP contribution in [0, 0.1) is 12.7 Å². The normalized spacial score (nSPS) is 16.0. The van der Waals surface area contributed by atoms with Crippen LogP contribution in [0.2, 0.25) is 0 Å². The molecule has 0 saturated carbocycles. The van der Waals surface area contributed by atoms with Gasteiger partial charge in [0.05, 0.1) is 17.9 Å². The molecule has 0 bridgehead atoms. The van der Waals surface area contributed by atoms with E-state index >= 15 is 0 Å². The van der Waals surface area contributed by atoms with E-state index in [1.807, 2.05) is 6.92 Å². The van der Waals surface area contributed by atoms with E-state index in [1.54, 1.807) is 30.3 Å². The monoisotopic (exact) mass is 362 g/mol. The summed E-state index contributed by atoms with van der Waals surface area (Å²) in [5, 5.41) is 2.78. The highest BCUT2D eigenvalue weighted by Crippen LogP contribution is 2.29. The van der Waals surface area contributed by atoms with E-state index in [1.165, 1.54) is 16.4 Å². The topological polar surface area (TPSA) is 66.5 Å². The van der Waals surface area contributed by atoms with Gasteiger partial charge in [-0.2, -0.15) is 0 Å². The number of carbonyl (C=O) groups is 1. The number of hydrogen-bond acceptors (Lipinski definition) is 3. The number of halogens is 1. The van der Waals surface area contributed by atoms with Crippen LogP contribution in [0.5, 0.6) is 0 Å². The third-order valence-corrected chi connectivity index (χ3v) is 5.98. The molecule has 1 aliphatic heterocycles. The summed E-state index contributed by atoms with van der Waals surface area (Å²) in [7, 11) is -3.23. The molecule has 0 unspecified atom stereocenters. The van der Waals surface area contributed by atoms with Gasteiger partial charge in [-0.15, -0.1) is 0 Å². The fourth-order valence-electron chi connectivity index (χ4n) is 2.92. The van der Waals surface area contributed by atoms with Crippen LogP contribution in [0.15, 0.2) is 42.5 Å². The van der Waals surface area contributed by atoms with Crippen molar-refractivity contribution in [3.8, 4) is 0 Å². The fraction of sp³-hybridized carbons (Fsp3) is 0.278. The van der Waals surface area contributed by atoms with Crippen LogP contribution in [-0.2, 0) is 21.2 Å². The molecular weight excluding hydrogens is 343 g/mol. The highest BCUT2D eigenvalue weighted by molar-refractivity contribution is 7.93. The Morgan fingerprint density at radius 2 is 1.92 bits per heavy atom. The van der Waals surface area contributed by atoms with Gasteiger partial charge in [-0.25, -0.2) is 12.8 Å². The summed E-state index contributed by atoms with van der Waals surface area (Å²) in [5.41, 5.74) is 2.75. The van der Waals surface area contributed by atoms with Gasteiger partial charge >= 0.3 is 0 Å². The van der Waals surface area contributed by atoms with E-state index in [-0.39, 0.29) is 23.9 Å². The molecule has 1 fully saturated rings. The van der Waals surface area contributed by atoms with Crippen molar-refractivity contribution >= 4 is 27.3 Å². The number of rotatable bonds is 4. The van der Waals surface area contributed by atoms with Crippen LogP contribution in [0.1, 0.15) is 17.5 Å². The van der Waals surface area contributed by atoms with Crippen LogP contribution in [0.4, 0.5) is 15.8 Å². The average Bonchev–Trinajstić information content (AvgIpc) is 2.89. The SMILES string of the molecule is Cc1cc(NC(=O)Cc2ccc(F)cc2)ccc1N1CCCS1(=O)=O. The third kappa shape index (κ3) is 3.99. The minimum Gasteiger partial charge on any atom is -0.326 e. The Kier molecular flexibility index (Phi) is 4.76. The first-order valence-electron chi connectivity index (χ1n) is 8.00. The van der Waals surface area contributed by atoms with Gasteiger partial charge < -0.3 is 5.32 Å². The molecule has 0 spiro atoms. The lowest BCUT2D eigenvalue weighted by Gasteiger charge is -2.20. The Labute approximate surface area is 146 Å². The van der Waals surface area contributed by atoms with Gasteiger partial charge in [-0.1, -0.05) is 12.1 Å². The number of nitrogens with one attached hydrogen (secondary N) is 1. The number of carbonyl (C=O) groups excluding carboxylic acids is 1. The van der Waals surface area contributed by atoms with Gasteiger partial charge in [0.1, 0.15) is 5.82 Å². The Balaban J connectivity index is 1.70. The minimum atomic E-state index is -3.23. The highest BCUT2D eigenvalue weighted by atomic mass is 32.2. The van der Waals surface area contributed by atoms with E-state index < -0.39 is 10.0 Å². The first kappa shape index (κ1) is 17.4. The number of benzene rings is 2. The second-order valence-corrected chi connectivity index (χ2v) is 8.11. The Hall–Kier alpha value is -2.41. The second kappa shape index (κ2) is 6.84. The van der Waals surface area contributed by atoms with Gasteiger partial charge in [0.2, 0.25) is 15.9 Å². The maximum atomic E-state index is 12.9. The van der Waals surface area contributed by atoms with Crippen LogP contribution in [0.3, 0.4) is 0 Å². The van der Waals surface area contributed by atoms with Gasteiger partial charge in [-0.05, 0) is 54.8 Å². The van der Waals surface area contributed by atoms with Crippen molar-refractivity contribution in [1.29, 1.82) is 0 Å². The van der Waals surface area contributed by atoms with Crippen LogP contribution in [-0.4, -0.2) is 26.6 Å². The zero-order valence-corrected chi connectivity index (χ0v) is 14.6. The standard InChI is InChI=1S/C18H19FN2O3S/c1-13-11-16(7-8-17(13)21-9-2-10-25(21,23)24)20-18(22)12-14-3-5-15(19)6-4-14/h3-8,11H,2,9-10,12H2,1H3,(H,20,22). The molecule has 0 aromatic heterocycles. The van der Waals surface area contributed by atoms with E-state index in [0.717, 1.165) is 11.1 Å². The molecule has 1 N–H and O–H groups in total. The number of sulfonamides is 1. The van der Waals surface area contributed by atoms with Crippen LogP contribution < -0.4 is 9.62 Å². The molecule has 0 radical (unpaired) electrons. The third-order valence-electron chi connectivity index (χ3n) is 4.13. The average molecular weight is 362 g/mol. The molecule has 7 heteroatoms. The maximum absolute atomic E-state index is 12.9. The largest absolute Gasteiger partial charge is 0.326 e. The fourth-order valence-corrected chi connectivity index (χ4v) is 4.54. The van der Waals surface area contributed by atoms with E-state index in [0.29, 0.717) is 24.3 Å². The van der Waals surface area contributed by atoms with Crippen LogP contribution >= 0.6 is 0 Å². The summed E-state index contributed by atoms with van der Waals surface area (Å²) in [6, 6.07) is 10.9. The molecule has 132 valence electrons. The second-order valence-electron chi connectivity index (χ2n) is 6.09. The first-order valence-corrected chi connectivity index (χ1v) is 9.61. The molecule has 2 aromatic rings. The Morgan fingerprint density at radius 3 is 2.52 bits per heavy atom. The van der Waals surface area contributed by atoms with E-state index in [9.17, 15) is 17.6 Å². The van der Waals surface area contributed by atoms with E-state index in [4.69, 9.17) is 0 Å². The number of aryl methyl sites for hydroxylation is 1. The summed E-state index contributed by atoms with van der Waals surface area (Å²) >= 11 is 0. The molecule has 0 atom stereocenters. The predicted octanol–water partition coefficient (Wildman–Crippen LogP) is 2.86. The summed E-state index contributed by atoms with van der Waals surface area (Å²) in [4.78, 5) is 12.1. The lowest BCUT2D eigenvalue weighted by Crippen LogP contribution is -2.25. The summed E-state index contributed by atoms with van der Waals surface area (Å²) in [5.74, 6) is -0.387. The zero-order valence-electron chi connectivity index (χ0n) is 13.8. The molecule has 1 amide bonds. The van der Waals surface area contributed by atoms with E-state index in [2.05, 4.69) is 5.32 Å². The smallest absolute Gasteiger partial charge is 0.235 e. The van der Waals surface area contributed by atoms with Crippen molar-refractivity contribution in [3.63, 3.8) is 0 Å². The van der Waals surface area contributed by atoms with Crippen molar-refractivity contribution in [3.05, 3.63) is 59.4 Å². The van der Waals surface area contributed by atoms with Crippen molar-refractivity contribution < 1.29 is 17.6 Å². The molecule has 3 rings (SSSR count). The van der Waals surface area contributed by atoms with Gasteiger partial charge in [0.15, 0.2) is 0 Å². The summed E-state index contributed by atoms with van der Waals surface area (Å²) in [6.45, 7) is 2.30. The van der Waals surface area contributed by atoms with Gasteiger partial charge in [0, 0.05) is 12.2 Å². The van der Waals surface area contributed by atoms with Gasteiger partial charge in [0.25, 0.3) is 0 Å². The molecule has 1 saturated heterocycles. The number of amides is 1. The molecule has 1 heterocycles. The minimum absolute atomic E-state index is 0.140. The molecular formula is C18H19FN2O3S. The quantitative estimate of drug-likeness (QED) is 0.909. The number of nitrogens with zero attached hydrogens (tertiary/aromatic N) is 1. The molecule has 1 aliphatic rings. The van der Waals surface area contributed by atoms with Crippen molar-refractivity contribution in [2.24, 2.45) is 0 Å². The highest BCUT2D eigenvalue weighted by Gasteiger charge is 2.29. The summed E-state index contributed by atoms with van der Waals surface area (Å²) < 4.78 is 38.4. The number of hydrogen-bond donors (Lipinski definition) is 1. The van der Waals surface area contributed by atoms with Gasteiger partial charge in [-0.3, -0.25) is 9.10 Å². The lowest BCUT2D eigenvalue weighted by molar-refractivity contribution is -0.115. The molecule has 2 aromatic carbocycles. The Morgan fingerprint density at radius 1 is 1.20 bits per heavy atom. The van der Waals surface area contributed by atoms with Crippen molar-refractivity contribution in [1.82, 2.24) is 0 Å². The van der Waals surface area contributed by atoms with Crippen LogP contribution in [0.25, 0.3) is 0 Å². The summed E-state index contributed by atoms with van der Waals surface area (Å²) in [6.07, 6.45) is 0.763. The molecule has 5 nitrogen and oxygen atoms in total. The maximum Gasteiger partial charge on any atom is 0.235 e. The Bertz CT molecular complexity index is 895. The molecule has 0 aliphatic carbocycles. The molecule has 25 heavy (non-hydrogen) atoms. The van der Waals surface area contributed by atoms with Crippen molar-refractivity contribution in [2.75, 3.05) is 21.9 Å². The zero-order chi connectivity index (χ0) is 18.0.